The van der Waals surface area contributed by atoms with E-state index in [-0.39, 0.29) is 0 Å². The van der Waals surface area contributed by atoms with Crippen LogP contribution in [0.15, 0.2) is 30.3 Å². The van der Waals surface area contributed by atoms with E-state index in [4.69, 9.17) is 0 Å². The van der Waals surface area contributed by atoms with Crippen LogP contribution in [0.1, 0.15) is 78.6 Å². The molecule has 166 valence electrons. The highest BCUT2D eigenvalue weighted by atomic mass is 16.3. The minimum atomic E-state index is -0.396. The third kappa shape index (κ3) is 3.33. The second-order valence-corrected chi connectivity index (χ2v) is 12.1. The lowest BCUT2D eigenvalue weighted by molar-refractivity contribution is -0.101. The van der Waals surface area contributed by atoms with Crippen molar-refractivity contribution in [1.82, 2.24) is 0 Å². The number of aliphatic hydroxyl groups is 1. The summed E-state index contributed by atoms with van der Waals surface area (Å²) in [6.45, 7) is 7.23. The Morgan fingerprint density at radius 1 is 0.900 bits per heavy atom. The number of hydrogen-bond acceptors (Lipinski definition) is 2. The van der Waals surface area contributed by atoms with Gasteiger partial charge in [0.15, 0.2) is 0 Å². The standard InChI is InChI=1S/C28H43NO/c1-19(29(4)21-8-6-5-7-9-21)25-12-13-26-24-11-10-20-18-27(2,30)16-14-22(20)23(24)15-17-28(25,26)3/h5-9,19-20,22-26,30H,10-18H2,1-4H3/t19-,20-,22+,23-,24-,25-,26+,27-,28-/m1/s1. The molecule has 4 fully saturated rings. The van der Waals surface area contributed by atoms with Gasteiger partial charge in [-0.2, -0.15) is 0 Å². The molecule has 4 aliphatic carbocycles. The first-order valence-electron chi connectivity index (χ1n) is 12.8. The van der Waals surface area contributed by atoms with Crippen molar-refractivity contribution >= 4 is 5.69 Å². The first kappa shape index (κ1) is 20.9. The molecule has 30 heavy (non-hydrogen) atoms. The van der Waals surface area contributed by atoms with Crippen molar-refractivity contribution in [3.63, 3.8) is 0 Å². The van der Waals surface area contributed by atoms with E-state index >= 15 is 0 Å². The van der Waals surface area contributed by atoms with E-state index < -0.39 is 5.60 Å². The van der Waals surface area contributed by atoms with E-state index in [1.807, 2.05) is 0 Å². The van der Waals surface area contributed by atoms with Crippen LogP contribution >= 0.6 is 0 Å². The van der Waals surface area contributed by atoms with Crippen LogP contribution < -0.4 is 4.90 Å². The van der Waals surface area contributed by atoms with Gasteiger partial charge in [-0.15, -0.1) is 0 Å². The molecule has 0 radical (unpaired) electrons. The number of rotatable bonds is 3. The third-order valence-corrected chi connectivity index (χ3v) is 10.7. The summed E-state index contributed by atoms with van der Waals surface area (Å²) in [5.41, 5.74) is 1.48. The fraction of sp³-hybridized carbons (Fsp3) is 0.786. The average molecular weight is 410 g/mol. The maximum atomic E-state index is 10.6. The molecule has 5 rings (SSSR count). The first-order valence-corrected chi connectivity index (χ1v) is 12.8. The van der Waals surface area contributed by atoms with Gasteiger partial charge in [0.1, 0.15) is 0 Å². The molecule has 9 atom stereocenters. The van der Waals surface area contributed by atoms with Crippen LogP contribution in [0, 0.1) is 40.9 Å². The monoisotopic (exact) mass is 409 g/mol. The number of fused-ring (bicyclic) bond motifs is 5. The van der Waals surface area contributed by atoms with Crippen LogP contribution in [0.4, 0.5) is 5.69 Å². The van der Waals surface area contributed by atoms with Gasteiger partial charge in [0.2, 0.25) is 0 Å². The molecule has 0 saturated heterocycles. The topological polar surface area (TPSA) is 23.5 Å². The van der Waals surface area contributed by atoms with Crippen molar-refractivity contribution in [2.45, 2.75) is 90.2 Å². The Morgan fingerprint density at radius 2 is 1.63 bits per heavy atom. The molecule has 1 aromatic carbocycles. The van der Waals surface area contributed by atoms with Crippen LogP contribution in [0.25, 0.3) is 0 Å². The lowest BCUT2D eigenvalue weighted by atomic mass is 9.48. The maximum Gasteiger partial charge on any atom is 0.0622 e. The SMILES string of the molecule is C[C@H]([C@H]1CC[C@H]2[C@@H]3CC[C@@H]4C[C@](C)(O)CC[C@@H]4[C@H]3CC[C@]12C)N(C)c1ccccc1. The lowest BCUT2D eigenvalue weighted by Crippen LogP contribution is -2.52. The highest BCUT2D eigenvalue weighted by Crippen LogP contribution is 2.65. The number of nitrogens with zero attached hydrogens (tertiary/aromatic N) is 1. The molecule has 0 amide bonds. The van der Waals surface area contributed by atoms with Gasteiger partial charge in [-0.25, -0.2) is 0 Å². The quantitative estimate of drug-likeness (QED) is 0.613. The molecular weight excluding hydrogens is 366 g/mol. The van der Waals surface area contributed by atoms with Crippen LogP contribution in [-0.4, -0.2) is 23.8 Å². The number of benzene rings is 1. The Hall–Kier alpha value is -1.02. The molecule has 0 heterocycles. The van der Waals surface area contributed by atoms with Crippen molar-refractivity contribution in [2.75, 3.05) is 11.9 Å². The fourth-order valence-corrected chi connectivity index (χ4v) is 9.08. The molecule has 0 bridgehead atoms. The number of anilines is 1. The summed E-state index contributed by atoms with van der Waals surface area (Å²) in [4.78, 5) is 2.55. The second kappa shape index (κ2) is 7.54. The molecule has 4 aliphatic rings. The highest BCUT2D eigenvalue weighted by molar-refractivity contribution is 5.46. The van der Waals surface area contributed by atoms with E-state index in [1.165, 1.54) is 50.6 Å². The Kier molecular flexibility index (Phi) is 5.24. The number of para-hydroxylation sites is 1. The molecule has 4 saturated carbocycles. The fourth-order valence-electron chi connectivity index (χ4n) is 9.08. The third-order valence-electron chi connectivity index (χ3n) is 10.7. The molecule has 0 spiro atoms. The summed E-state index contributed by atoms with van der Waals surface area (Å²) < 4.78 is 0. The van der Waals surface area contributed by atoms with Crippen LogP contribution in [-0.2, 0) is 0 Å². The van der Waals surface area contributed by atoms with E-state index in [9.17, 15) is 5.11 Å². The normalized spacial score (nSPS) is 46.4. The van der Waals surface area contributed by atoms with Crippen LogP contribution in [0.2, 0.25) is 0 Å². The highest BCUT2D eigenvalue weighted by Gasteiger charge is 2.58. The van der Waals surface area contributed by atoms with Crippen molar-refractivity contribution in [1.29, 1.82) is 0 Å². The first-order chi connectivity index (χ1) is 14.3. The van der Waals surface area contributed by atoms with Crippen molar-refractivity contribution in [3.8, 4) is 0 Å². The maximum absolute atomic E-state index is 10.6. The summed E-state index contributed by atoms with van der Waals surface area (Å²) in [5.74, 6) is 5.32. The van der Waals surface area contributed by atoms with Gasteiger partial charge in [0.05, 0.1) is 5.60 Å². The van der Waals surface area contributed by atoms with Gasteiger partial charge >= 0.3 is 0 Å². The predicted octanol–water partition coefficient (Wildman–Crippen LogP) is 6.53. The summed E-state index contributed by atoms with van der Waals surface area (Å²) in [6, 6.07) is 11.6. The molecule has 0 aliphatic heterocycles. The second-order valence-electron chi connectivity index (χ2n) is 12.1. The van der Waals surface area contributed by atoms with E-state index in [2.05, 4.69) is 63.1 Å². The molecule has 0 unspecified atom stereocenters. The Balaban J connectivity index is 1.33. The van der Waals surface area contributed by atoms with Crippen molar-refractivity contribution < 1.29 is 5.11 Å². The predicted molar refractivity (Wildman–Crippen MR) is 126 cm³/mol. The van der Waals surface area contributed by atoms with E-state index in [0.29, 0.717) is 11.5 Å². The Bertz CT molecular complexity index is 744. The summed E-state index contributed by atoms with van der Waals surface area (Å²) in [7, 11) is 2.31. The number of hydrogen-bond donors (Lipinski definition) is 1. The lowest BCUT2D eigenvalue weighted by Gasteiger charge is -2.57. The van der Waals surface area contributed by atoms with Gasteiger partial charge in [-0.05, 0) is 125 Å². The molecular formula is C28H43NO. The Labute approximate surface area is 184 Å². The zero-order valence-corrected chi connectivity index (χ0v) is 19.7. The average Bonchev–Trinajstić information content (AvgIpc) is 3.09. The van der Waals surface area contributed by atoms with Crippen LogP contribution in [0.5, 0.6) is 0 Å². The molecule has 0 aromatic heterocycles. The largest absolute Gasteiger partial charge is 0.390 e. The molecule has 1 aromatic rings. The van der Waals surface area contributed by atoms with Gasteiger partial charge in [0.25, 0.3) is 0 Å². The van der Waals surface area contributed by atoms with Crippen molar-refractivity contribution in [3.05, 3.63) is 30.3 Å². The Morgan fingerprint density at radius 3 is 2.40 bits per heavy atom. The molecule has 2 heteroatoms. The molecule has 2 nitrogen and oxygen atoms in total. The smallest absolute Gasteiger partial charge is 0.0622 e. The van der Waals surface area contributed by atoms with Gasteiger partial charge in [-0.3, -0.25) is 0 Å². The van der Waals surface area contributed by atoms with Gasteiger partial charge in [0, 0.05) is 18.8 Å². The zero-order chi connectivity index (χ0) is 21.1. The van der Waals surface area contributed by atoms with Gasteiger partial charge < -0.3 is 10.0 Å². The summed E-state index contributed by atoms with van der Waals surface area (Å²) >= 11 is 0. The van der Waals surface area contributed by atoms with E-state index in [0.717, 1.165) is 48.3 Å². The van der Waals surface area contributed by atoms with Crippen molar-refractivity contribution in [2.24, 2.45) is 40.9 Å². The van der Waals surface area contributed by atoms with E-state index in [1.54, 1.807) is 0 Å². The minimum absolute atomic E-state index is 0.396. The minimum Gasteiger partial charge on any atom is -0.390 e. The zero-order valence-electron chi connectivity index (χ0n) is 19.7. The van der Waals surface area contributed by atoms with Crippen LogP contribution in [0.3, 0.4) is 0 Å². The van der Waals surface area contributed by atoms with Gasteiger partial charge in [-0.1, -0.05) is 25.1 Å². The summed E-state index contributed by atoms with van der Waals surface area (Å²) in [6.07, 6.45) is 11.9. The summed E-state index contributed by atoms with van der Waals surface area (Å²) in [5, 5.41) is 10.6. The molecule has 1 N–H and O–H groups in total.